The van der Waals surface area contributed by atoms with Crippen LogP contribution in [0.3, 0.4) is 0 Å². The average molecular weight is 304 g/mol. The van der Waals surface area contributed by atoms with Crippen LogP contribution in [0.5, 0.6) is 0 Å². The van der Waals surface area contributed by atoms with E-state index in [1.54, 1.807) is 0 Å². The summed E-state index contributed by atoms with van der Waals surface area (Å²) in [6.07, 6.45) is 2.08. The monoisotopic (exact) mass is 303 g/mol. The van der Waals surface area contributed by atoms with Crippen LogP contribution in [0, 0.1) is 11.8 Å². The highest BCUT2D eigenvalue weighted by molar-refractivity contribution is 5.85. The number of nitrogens with one attached hydrogen (secondary N) is 1. The molecule has 2 aliphatic rings. The molecule has 2 saturated heterocycles. The van der Waals surface area contributed by atoms with Crippen molar-refractivity contribution >= 4 is 24.2 Å². The van der Waals surface area contributed by atoms with Gasteiger partial charge in [0.05, 0.1) is 5.92 Å². The van der Waals surface area contributed by atoms with Crippen LogP contribution in [0.25, 0.3) is 0 Å². The zero-order chi connectivity index (χ0) is 13.8. The van der Waals surface area contributed by atoms with E-state index < -0.39 is 0 Å². The molecule has 2 fully saturated rings. The minimum Gasteiger partial charge on any atom is -0.339 e. The van der Waals surface area contributed by atoms with Gasteiger partial charge >= 0.3 is 0 Å². The number of hydrogen-bond acceptors (Lipinski definition) is 3. The van der Waals surface area contributed by atoms with Crippen molar-refractivity contribution in [1.29, 1.82) is 0 Å². The van der Waals surface area contributed by atoms with Crippen LogP contribution in [-0.2, 0) is 9.59 Å². The molecule has 2 rings (SSSR count). The lowest BCUT2D eigenvalue weighted by atomic mass is 9.98. The Labute approximate surface area is 127 Å². The lowest BCUT2D eigenvalue weighted by Crippen LogP contribution is -2.54. The maximum absolute atomic E-state index is 12.3. The summed E-state index contributed by atoms with van der Waals surface area (Å²) < 4.78 is 0. The van der Waals surface area contributed by atoms with Gasteiger partial charge in [0.15, 0.2) is 0 Å². The summed E-state index contributed by atoms with van der Waals surface area (Å²) in [5, 5.41) is 3.28. The molecule has 2 aliphatic heterocycles. The Morgan fingerprint density at radius 3 is 2.20 bits per heavy atom. The van der Waals surface area contributed by atoms with Crippen LogP contribution in [0.15, 0.2) is 0 Å². The number of halogens is 1. The first-order valence-electron chi connectivity index (χ1n) is 7.38. The standard InChI is InChI=1S/C14H25N3O2.ClH/c1-11(2)13(18)16-6-8-17(9-7-16)14(19)12-4-3-5-15-10-12;/h11-12,15H,3-10H2,1-2H3;1H. The Bertz CT molecular complexity index is 335. The van der Waals surface area contributed by atoms with E-state index in [9.17, 15) is 9.59 Å². The molecule has 0 aromatic heterocycles. The second kappa shape index (κ2) is 7.84. The van der Waals surface area contributed by atoms with Gasteiger partial charge in [0.2, 0.25) is 11.8 Å². The van der Waals surface area contributed by atoms with Gasteiger partial charge in [-0.2, -0.15) is 0 Å². The average Bonchev–Trinajstić information content (AvgIpc) is 2.46. The second-order valence-corrected chi connectivity index (χ2v) is 5.85. The van der Waals surface area contributed by atoms with Gasteiger partial charge in [0.25, 0.3) is 0 Å². The number of nitrogens with zero attached hydrogens (tertiary/aromatic N) is 2. The topological polar surface area (TPSA) is 52.7 Å². The fourth-order valence-corrected chi connectivity index (χ4v) is 2.83. The highest BCUT2D eigenvalue weighted by Gasteiger charge is 2.29. The molecule has 0 aromatic carbocycles. The number of hydrogen-bond donors (Lipinski definition) is 1. The lowest BCUT2D eigenvalue weighted by Gasteiger charge is -2.37. The maximum Gasteiger partial charge on any atom is 0.227 e. The molecule has 6 heteroatoms. The second-order valence-electron chi connectivity index (χ2n) is 5.85. The molecule has 1 N–H and O–H groups in total. The molecule has 1 atom stereocenters. The molecule has 0 aliphatic carbocycles. The summed E-state index contributed by atoms with van der Waals surface area (Å²) in [6, 6.07) is 0. The van der Waals surface area contributed by atoms with Gasteiger partial charge in [-0.05, 0) is 19.4 Å². The smallest absolute Gasteiger partial charge is 0.227 e. The van der Waals surface area contributed by atoms with E-state index in [1.807, 2.05) is 23.6 Å². The summed E-state index contributed by atoms with van der Waals surface area (Å²) in [7, 11) is 0. The van der Waals surface area contributed by atoms with Crippen molar-refractivity contribution in [2.45, 2.75) is 26.7 Å². The summed E-state index contributed by atoms with van der Waals surface area (Å²) in [5.74, 6) is 0.654. The largest absolute Gasteiger partial charge is 0.339 e. The van der Waals surface area contributed by atoms with Crippen molar-refractivity contribution in [3.8, 4) is 0 Å². The summed E-state index contributed by atoms with van der Waals surface area (Å²) >= 11 is 0. The molecular weight excluding hydrogens is 278 g/mol. The lowest BCUT2D eigenvalue weighted by molar-refractivity contribution is -0.143. The van der Waals surface area contributed by atoms with Crippen LogP contribution in [0.1, 0.15) is 26.7 Å². The summed E-state index contributed by atoms with van der Waals surface area (Å²) in [6.45, 7) is 8.43. The quantitative estimate of drug-likeness (QED) is 0.818. The molecule has 116 valence electrons. The first kappa shape index (κ1) is 17.2. The van der Waals surface area contributed by atoms with Gasteiger partial charge < -0.3 is 15.1 Å². The van der Waals surface area contributed by atoms with Crippen molar-refractivity contribution in [1.82, 2.24) is 15.1 Å². The Morgan fingerprint density at radius 2 is 1.70 bits per heavy atom. The SMILES string of the molecule is CC(C)C(=O)N1CCN(C(=O)C2CCCNC2)CC1.Cl. The van der Waals surface area contributed by atoms with Crippen LogP contribution in [0.2, 0.25) is 0 Å². The molecule has 2 heterocycles. The molecule has 0 spiro atoms. The van der Waals surface area contributed by atoms with Gasteiger partial charge in [-0.15, -0.1) is 12.4 Å². The Kier molecular flexibility index (Phi) is 6.76. The maximum atomic E-state index is 12.3. The Morgan fingerprint density at radius 1 is 1.10 bits per heavy atom. The van der Waals surface area contributed by atoms with E-state index in [4.69, 9.17) is 0 Å². The number of piperazine rings is 1. The minimum absolute atomic E-state index is 0. The number of carbonyl (C=O) groups excluding carboxylic acids is 2. The van der Waals surface area contributed by atoms with E-state index in [0.717, 1.165) is 25.9 Å². The highest BCUT2D eigenvalue weighted by atomic mass is 35.5. The number of carbonyl (C=O) groups is 2. The fourth-order valence-electron chi connectivity index (χ4n) is 2.83. The molecule has 0 aromatic rings. The molecule has 5 nitrogen and oxygen atoms in total. The first-order chi connectivity index (χ1) is 9.09. The Balaban J connectivity index is 0.00000200. The van der Waals surface area contributed by atoms with Gasteiger partial charge in [0.1, 0.15) is 0 Å². The third kappa shape index (κ3) is 4.09. The molecular formula is C14H26ClN3O2. The van der Waals surface area contributed by atoms with E-state index in [-0.39, 0.29) is 36.1 Å². The highest BCUT2D eigenvalue weighted by Crippen LogP contribution is 2.15. The van der Waals surface area contributed by atoms with E-state index in [0.29, 0.717) is 26.2 Å². The van der Waals surface area contributed by atoms with Gasteiger partial charge in [-0.3, -0.25) is 9.59 Å². The van der Waals surface area contributed by atoms with Crippen molar-refractivity contribution in [3.05, 3.63) is 0 Å². The van der Waals surface area contributed by atoms with Crippen LogP contribution in [-0.4, -0.2) is 60.9 Å². The van der Waals surface area contributed by atoms with Gasteiger partial charge in [-0.1, -0.05) is 13.8 Å². The molecule has 0 radical (unpaired) electrons. The predicted octanol–water partition coefficient (Wildman–Crippen LogP) is 0.735. The predicted molar refractivity (Wildman–Crippen MR) is 80.8 cm³/mol. The fraction of sp³-hybridized carbons (Fsp3) is 0.857. The summed E-state index contributed by atoms with van der Waals surface area (Å²) in [4.78, 5) is 28.0. The van der Waals surface area contributed by atoms with E-state index in [1.165, 1.54) is 0 Å². The van der Waals surface area contributed by atoms with Crippen molar-refractivity contribution in [2.75, 3.05) is 39.3 Å². The van der Waals surface area contributed by atoms with Crippen LogP contribution >= 0.6 is 12.4 Å². The van der Waals surface area contributed by atoms with Crippen LogP contribution in [0.4, 0.5) is 0 Å². The third-order valence-electron chi connectivity index (χ3n) is 4.04. The third-order valence-corrected chi connectivity index (χ3v) is 4.04. The Hall–Kier alpha value is -0.810. The normalized spacial score (nSPS) is 23.4. The molecule has 20 heavy (non-hydrogen) atoms. The zero-order valence-corrected chi connectivity index (χ0v) is 13.2. The molecule has 0 bridgehead atoms. The number of amides is 2. The van der Waals surface area contributed by atoms with Crippen molar-refractivity contribution in [2.24, 2.45) is 11.8 Å². The van der Waals surface area contributed by atoms with Gasteiger partial charge in [-0.25, -0.2) is 0 Å². The minimum atomic E-state index is 0. The molecule has 2 amide bonds. The molecule has 0 saturated carbocycles. The molecule has 1 unspecified atom stereocenters. The number of piperidine rings is 1. The van der Waals surface area contributed by atoms with Crippen molar-refractivity contribution < 1.29 is 9.59 Å². The van der Waals surface area contributed by atoms with E-state index >= 15 is 0 Å². The summed E-state index contributed by atoms with van der Waals surface area (Å²) in [5.41, 5.74) is 0. The van der Waals surface area contributed by atoms with Gasteiger partial charge in [0, 0.05) is 38.6 Å². The first-order valence-corrected chi connectivity index (χ1v) is 7.38. The van der Waals surface area contributed by atoms with Crippen molar-refractivity contribution in [3.63, 3.8) is 0 Å². The zero-order valence-electron chi connectivity index (χ0n) is 12.4. The van der Waals surface area contributed by atoms with E-state index in [2.05, 4.69) is 5.32 Å². The number of rotatable bonds is 2. The van der Waals surface area contributed by atoms with Crippen LogP contribution < -0.4 is 5.32 Å².